The molecule has 0 N–H and O–H groups in total. The maximum atomic E-state index is 12.6. The van der Waals surface area contributed by atoms with Crippen LogP contribution in [-0.4, -0.2) is 38.9 Å². The van der Waals surface area contributed by atoms with Gasteiger partial charge >= 0.3 is 5.97 Å². The van der Waals surface area contributed by atoms with Gasteiger partial charge < -0.3 is 18.9 Å². The summed E-state index contributed by atoms with van der Waals surface area (Å²) in [7, 11) is 9.06. The van der Waals surface area contributed by atoms with E-state index in [0.29, 0.717) is 5.69 Å². The number of carbonyl (C=O) groups excluding carboxylic acids is 1. The van der Waals surface area contributed by atoms with Gasteiger partial charge in [-0.1, -0.05) is 30.3 Å². The summed E-state index contributed by atoms with van der Waals surface area (Å²) < 4.78 is 12.3. The van der Waals surface area contributed by atoms with Crippen molar-refractivity contribution in [3.63, 3.8) is 0 Å². The minimum atomic E-state index is -0.332. The van der Waals surface area contributed by atoms with E-state index in [1.54, 1.807) is 7.11 Å². The molecule has 0 saturated heterocycles. The molecule has 0 bridgehead atoms. The van der Waals surface area contributed by atoms with Gasteiger partial charge in [0.05, 0.1) is 14.2 Å². The zero-order chi connectivity index (χ0) is 23.0. The van der Waals surface area contributed by atoms with Crippen molar-refractivity contribution in [3.05, 3.63) is 71.9 Å². The zero-order valence-electron chi connectivity index (χ0n) is 19.4. The van der Waals surface area contributed by atoms with E-state index in [4.69, 9.17) is 9.47 Å². The van der Waals surface area contributed by atoms with Crippen LogP contribution in [0, 0.1) is 6.92 Å². The van der Waals surface area contributed by atoms with Crippen molar-refractivity contribution in [3.8, 4) is 28.0 Å². The monoisotopic (exact) mass is 428 g/mol. The maximum absolute atomic E-state index is 12.6. The number of esters is 1. The molecule has 0 amide bonds. The molecule has 0 fully saturated rings. The number of aryl methyl sites for hydroxylation is 2. The summed E-state index contributed by atoms with van der Waals surface area (Å²) in [6.07, 6.45) is 0. The molecule has 5 heteroatoms. The lowest BCUT2D eigenvalue weighted by Crippen LogP contribution is -2.08. The highest BCUT2D eigenvalue weighted by atomic mass is 16.5. The first-order valence-corrected chi connectivity index (χ1v) is 10.5. The lowest BCUT2D eigenvalue weighted by atomic mass is 9.90. The van der Waals surface area contributed by atoms with E-state index >= 15 is 0 Å². The number of fused-ring (bicyclic) bond motifs is 1. The lowest BCUT2D eigenvalue weighted by molar-refractivity contribution is 0.0589. The Morgan fingerprint density at radius 2 is 1.50 bits per heavy atom. The third-order valence-corrected chi connectivity index (χ3v) is 6.06. The summed E-state index contributed by atoms with van der Waals surface area (Å²) >= 11 is 0. The molecule has 0 radical (unpaired) electrons. The van der Waals surface area contributed by atoms with E-state index in [0.717, 1.165) is 50.2 Å². The van der Waals surface area contributed by atoms with Crippen LogP contribution in [-0.2, 0) is 11.8 Å². The number of benzene rings is 3. The molecule has 0 aliphatic rings. The van der Waals surface area contributed by atoms with Gasteiger partial charge in [0.25, 0.3) is 0 Å². The fourth-order valence-electron chi connectivity index (χ4n) is 4.37. The Morgan fingerprint density at radius 3 is 2.06 bits per heavy atom. The fraction of sp³-hybridized carbons (Fsp3) is 0.222. The predicted octanol–water partition coefficient (Wildman–Crippen LogP) is 5.68. The van der Waals surface area contributed by atoms with E-state index in [1.807, 2.05) is 44.8 Å². The average molecular weight is 429 g/mol. The highest BCUT2D eigenvalue weighted by Crippen LogP contribution is 2.42. The number of rotatable bonds is 5. The van der Waals surface area contributed by atoms with E-state index in [-0.39, 0.29) is 5.97 Å². The Kier molecular flexibility index (Phi) is 5.66. The number of hydrogen-bond acceptors (Lipinski definition) is 4. The summed E-state index contributed by atoms with van der Waals surface area (Å²) in [5, 5.41) is 1.05. The molecule has 0 saturated carbocycles. The molecule has 4 rings (SSSR count). The number of anilines is 1. The normalized spacial score (nSPS) is 10.9. The number of aromatic nitrogens is 1. The molecule has 0 aliphatic heterocycles. The number of hydrogen-bond donors (Lipinski definition) is 0. The number of carbonyl (C=O) groups is 1. The van der Waals surface area contributed by atoms with Crippen molar-refractivity contribution in [1.29, 1.82) is 0 Å². The molecular weight excluding hydrogens is 400 g/mol. The Bertz CT molecular complexity index is 1280. The summed E-state index contributed by atoms with van der Waals surface area (Å²) in [6, 6.07) is 20.8. The van der Waals surface area contributed by atoms with Crippen molar-refractivity contribution in [1.82, 2.24) is 4.57 Å². The molecule has 1 heterocycles. The van der Waals surface area contributed by atoms with Gasteiger partial charge in [-0.15, -0.1) is 0 Å². The van der Waals surface area contributed by atoms with Crippen LogP contribution in [0.15, 0.2) is 60.7 Å². The van der Waals surface area contributed by atoms with Gasteiger partial charge in [0.15, 0.2) is 0 Å². The second-order valence-corrected chi connectivity index (χ2v) is 8.08. The number of methoxy groups -OCH3 is 2. The third-order valence-electron chi connectivity index (χ3n) is 6.06. The van der Waals surface area contributed by atoms with Crippen LogP contribution in [0.5, 0.6) is 5.75 Å². The van der Waals surface area contributed by atoms with Gasteiger partial charge in [0, 0.05) is 37.7 Å². The second kappa shape index (κ2) is 8.42. The van der Waals surface area contributed by atoms with E-state index < -0.39 is 0 Å². The Hall–Kier alpha value is -3.73. The van der Waals surface area contributed by atoms with E-state index in [1.165, 1.54) is 7.11 Å². The quantitative estimate of drug-likeness (QED) is 0.384. The standard InChI is InChI=1S/C27H28N2O3/c1-17-24-23(29(4)26(17)27(30)32-6)16-15-22(18-9-13-21(31-5)14-10-18)25(24)19-7-11-20(12-8-19)28(2)3/h7-16H,1-6H3. The van der Waals surface area contributed by atoms with Crippen LogP contribution in [0.1, 0.15) is 16.1 Å². The van der Waals surface area contributed by atoms with Crippen LogP contribution in [0.2, 0.25) is 0 Å². The molecule has 164 valence electrons. The van der Waals surface area contributed by atoms with Gasteiger partial charge in [-0.25, -0.2) is 4.79 Å². The highest BCUT2D eigenvalue weighted by Gasteiger charge is 2.23. The first kappa shape index (κ1) is 21.5. The SMILES string of the molecule is COC(=O)c1c(C)c2c(-c3ccc(N(C)C)cc3)c(-c3ccc(OC)cc3)ccc2n1C. The lowest BCUT2D eigenvalue weighted by Gasteiger charge is -2.16. The van der Waals surface area contributed by atoms with Gasteiger partial charge in [-0.2, -0.15) is 0 Å². The maximum Gasteiger partial charge on any atom is 0.354 e. The molecule has 0 atom stereocenters. The first-order valence-electron chi connectivity index (χ1n) is 10.5. The van der Waals surface area contributed by atoms with Crippen LogP contribution in [0.3, 0.4) is 0 Å². The molecular formula is C27H28N2O3. The van der Waals surface area contributed by atoms with Crippen molar-refractivity contribution in [2.24, 2.45) is 7.05 Å². The second-order valence-electron chi connectivity index (χ2n) is 8.08. The fourth-order valence-corrected chi connectivity index (χ4v) is 4.37. The number of ether oxygens (including phenoxy) is 2. The van der Waals surface area contributed by atoms with Crippen LogP contribution in [0.4, 0.5) is 5.69 Å². The average Bonchev–Trinajstić information content (AvgIpc) is 3.08. The van der Waals surface area contributed by atoms with E-state index in [2.05, 4.69) is 53.4 Å². The molecule has 5 nitrogen and oxygen atoms in total. The summed E-state index contributed by atoms with van der Waals surface area (Å²) in [6.45, 7) is 1.99. The van der Waals surface area contributed by atoms with Crippen molar-refractivity contribution < 1.29 is 14.3 Å². The van der Waals surface area contributed by atoms with E-state index in [9.17, 15) is 4.79 Å². The zero-order valence-corrected chi connectivity index (χ0v) is 19.4. The third kappa shape index (κ3) is 3.50. The minimum Gasteiger partial charge on any atom is -0.497 e. The van der Waals surface area contributed by atoms with Gasteiger partial charge in [0.1, 0.15) is 11.4 Å². The van der Waals surface area contributed by atoms with Gasteiger partial charge in [0.2, 0.25) is 0 Å². The predicted molar refractivity (Wildman–Crippen MR) is 131 cm³/mol. The molecule has 4 aromatic rings. The topological polar surface area (TPSA) is 43.7 Å². The molecule has 0 aliphatic carbocycles. The summed E-state index contributed by atoms with van der Waals surface area (Å²) in [5.74, 6) is 0.483. The largest absolute Gasteiger partial charge is 0.497 e. The smallest absolute Gasteiger partial charge is 0.354 e. The first-order chi connectivity index (χ1) is 15.4. The van der Waals surface area contributed by atoms with Crippen molar-refractivity contribution in [2.75, 3.05) is 33.2 Å². The van der Waals surface area contributed by atoms with Gasteiger partial charge in [-0.3, -0.25) is 0 Å². The summed E-state index contributed by atoms with van der Waals surface area (Å²) in [4.78, 5) is 14.6. The molecule has 3 aromatic carbocycles. The van der Waals surface area contributed by atoms with Crippen molar-refractivity contribution >= 4 is 22.6 Å². The molecule has 0 unspecified atom stereocenters. The molecule has 0 spiro atoms. The molecule has 32 heavy (non-hydrogen) atoms. The Morgan fingerprint density at radius 1 is 0.875 bits per heavy atom. The summed E-state index contributed by atoms with van der Waals surface area (Å²) in [5.41, 5.74) is 7.99. The van der Waals surface area contributed by atoms with Crippen LogP contribution >= 0.6 is 0 Å². The minimum absolute atomic E-state index is 0.332. The molecule has 1 aromatic heterocycles. The Balaban J connectivity index is 2.06. The number of nitrogens with zero attached hydrogens (tertiary/aromatic N) is 2. The highest BCUT2D eigenvalue weighted by molar-refractivity contribution is 6.09. The van der Waals surface area contributed by atoms with Crippen molar-refractivity contribution in [2.45, 2.75) is 6.92 Å². The van der Waals surface area contributed by atoms with Crippen LogP contribution in [0.25, 0.3) is 33.2 Å². The Labute approximate surface area is 188 Å². The van der Waals surface area contributed by atoms with Crippen LogP contribution < -0.4 is 9.64 Å². The van der Waals surface area contributed by atoms with Gasteiger partial charge in [-0.05, 0) is 65.1 Å².